The van der Waals surface area contributed by atoms with Crippen LogP contribution >= 0.6 is 0 Å². The Morgan fingerprint density at radius 2 is 1.12 bits per heavy atom. The summed E-state index contributed by atoms with van der Waals surface area (Å²) in [5.74, 6) is 0. The van der Waals surface area contributed by atoms with E-state index in [4.69, 9.17) is 0 Å². The van der Waals surface area contributed by atoms with Crippen molar-refractivity contribution in [1.82, 2.24) is 9.13 Å². The first-order chi connectivity index (χ1) is 12.7. The minimum Gasteiger partial charge on any atom is -0.349 e. The third kappa shape index (κ3) is 3.06. The standard InChI is InChI=1S/C22H22N4/c1-25-15-17-7-3-5-9-19(17)21(25)13-23-11-12-24-14-22-20-10-6-4-8-18(20)16-26(22)2/h3-10,13-16H,11-12H2,1-2H3. The third-order valence-electron chi connectivity index (χ3n) is 4.68. The van der Waals surface area contributed by atoms with Crippen LogP contribution in [0.15, 0.2) is 70.9 Å². The van der Waals surface area contributed by atoms with E-state index >= 15 is 0 Å². The van der Waals surface area contributed by atoms with Crippen LogP contribution in [0.2, 0.25) is 0 Å². The number of aliphatic imine (C=N–C) groups is 2. The lowest BCUT2D eigenvalue weighted by Gasteiger charge is -1.98. The normalized spacial score (nSPS) is 12.2. The molecule has 2 heterocycles. The van der Waals surface area contributed by atoms with E-state index in [1.165, 1.54) is 21.5 Å². The van der Waals surface area contributed by atoms with Crippen molar-refractivity contribution in [3.05, 3.63) is 72.3 Å². The summed E-state index contributed by atoms with van der Waals surface area (Å²) in [5.41, 5.74) is 2.27. The molecule has 0 saturated carbocycles. The van der Waals surface area contributed by atoms with E-state index in [9.17, 15) is 0 Å². The summed E-state index contributed by atoms with van der Waals surface area (Å²) >= 11 is 0. The van der Waals surface area contributed by atoms with E-state index in [2.05, 4.69) is 94.1 Å². The van der Waals surface area contributed by atoms with Gasteiger partial charge in [-0.25, -0.2) is 0 Å². The Hall–Kier alpha value is -3.14. The molecule has 0 aliphatic rings. The molecule has 4 aromatic rings. The predicted molar refractivity (Wildman–Crippen MR) is 111 cm³/mol. The van der Waals surface area contributed by atoms with Crippen LogP contribution < -0.4 is 0 Å². The van der Waals surface area contributed by atoms with Gasteiger partial charge in [0.05, 0.1) is 24.5 Å². The molecule has 0 unspecified atom stereocenters. The van der Waals surface area contributed by atoms with Gasteiger partial charge in [0.1, 0.15) is 0 Å². The highest BCUT2D eigenvalue weighted by atomic mass is 15.0. The largest absolute Gasteiger partial charge is 0.349 e. The molecule has 0 saturated heterocycles. The van der Waals surface area contributed by atoms with Gasteiger partial charge in [-0.3, -0.25) is 9.98 Å². The van der Waals surface area contributed by atoms with Gasteiger partial charge in [-0.05, 0) is 0 Å². The van der Waals surface area contributed by atoms with E-state index in [-0.39, 0.29) is 0 Å². The van der Waals surface area contributed by atoms with Gasteiger partial charge < -0.3 is 9.13 Å². The number of nitrogens with zero attached hydrogens (tertiary/aromatic N) is 4. The molecule has 0 N–H and O–H groups in total. The molecule has 130 valence electrons. The first-order valence-corrected chi connectivity index (χ1v) is 8.82. The lowest BCUT2D eigenvalue weighted by molar-refractivity contribution is 0.914. The van der Waals surface area contributed by atoms with Crippen LogP contribution in [0, 0.1) is 0 Å². The average Bonchev–Trinajstić information content (AvgIpc) is 3.14. The summed E-state index contributed by atoms with van der Waals surface area (Å²) in [6.45, 7) is 1.36. The lowest BCUT2D eigenvalue weighted by Crippen LogP contribution is -1.97. The zero-order chi connectivity index (χ0) is 17.9. The first kappa shape index (κ1) is 16.3. The summed E-state index contributed by atoms with van der Waals surface area (Å²) < 4.78 is 4.24. The molecule has 0 amide bonds. The number of aromatic nitrogens is 2. The number of fused-ring (bicyclic) bond motifs is 2. The maximum atomic E-state index is 4.56. The van der Waals surface area contributed by atoms with Crippen LogP contribution in [0.4, 0.5) is 0 Å². The van der Waals surface area contributed by atoms with Gasteiger partial charge in [0, 0.05) is 60.5 Å². The first-order valence-electron chi connectivity index (χ1n) is 8.82. The smallest absolute Gasteiger partial charge is 0.0665 e. The van der Waals surface area contributed by atoms with Crippen LogP contribution in [-0.2, 0) is 14.1 Å². The van der Waals surface area contributed by atoms with Crippen molar-refractivity contribution in [1.29, 1.82) is 0 Å². The zero-order valence-corrected chi connectivity index (χ0v) is 15.1. The van der Waals surface area contributed by atoms with E-state index in [0.717, 1.165) is 11.4 Å². The quantitative estimate of drug-likeness (QED) is 0.385. The van der Waals surface area contributed by atoms with Crippen LogP contribution in [0.25, 0.3) is 21.5 Å². The highest BCUT2D eigenvalue weighted by Gasteiger charge is 2.04. The molecule has 26 heavy (non-hydrogen) atoms. The minimum atomic E-state index is 0.679. The number of aryl methyl sites for hydroxylation is 2. The number of benzene rings is 2. The Bertz CT molecular complexity index is 1020. The Balaban J connectivity index is 1.43. The Kier molecular flexibility index (Phi) is 4.40. The van der Waals surface area contributed by atoms with E-state index in [0.29, 0.717) is 13.1 Å². The summed E-state index contributed by atoms with van der Waals surface area (Å²) in [5, 5.41) is 4.95. The molecular weight excluding hydrogens is 320 g/mol. The zero-order valence-electron chi connectivity index (χ0n) is 15.1. The van der Waals surface area contributed by atoms with Crippen LogP contribution in [0.3, 0.4) is 0 Å². The van der Waals surface area contributed by atoms with Crippen molar-refractivity contribution in [3.63, 3.8) is 0 Å². The Labute approximate surface area is 153 Å². The molecule has 0 aliphatic carbocycles. The van der Waals surface area contributed by atoms with Crippen molar-refractivity contribution in [2.75, 3.05) is 13.1 Å². The number of hydrogen-bond donors (Lipinski definition) is 0. The predicted octanol–water partition coefficient (Wildman–Crippen LogP) is 4.21. The van der Waals surface area contributed by atoms with Crippen LogP contribution in [-0.4, -0.2) is 34.7 Å². The molecule has 0 atom stereocenters. The van der Waals surface area contributed by atoms with Gasteiger partial charge in [0.25, 0.3) is 0 Å². The van der Waals surface area contributed by atoms with Crippen molar-refractivity contribution >= 4 is 34.0 Å². The fraction of sp³-hybridized carbons (Fsp3) is 0.182. The highest BCUT2D eigenvalue weighted by Crippen LogP contribution is 2.19. The molecule has 2 aromatic carbocycles. The molecule has 4 nitrogen and oxygen atoms in total. The van der Waals surface area contributed by atoms with Crippen molar-refractivity contribution in [3.8, 4) is 0 Å². The SMILES string of the molecule is Cn1cc2ccccc2c1C=NCCN=Cc1c2ccccc2cn1C. The monoisotopic (exact) mass is 342 g/mol. The van der Waals surface area contributed by atoms with Crippen molar-refractivity contribution in [2.45, 2.75) is 0 Å². The molecule has 0 radical (unpaired) electrons. The van der Waals surface area contributed by atoms with Gasteiger partial charge in [-0.15, -0.1) is 0 Å². The van der Waals surface area contributed by atoms with Gasteiger partial charge in [-0.2, -0.15) is 0 Å². The molecule has 4 rings (SSSR count). The molecular formula is C22H22N4. The number of hydrogen-bond acceptors (Lipinski definition) is 2. The van der Waals surface area contributed by atoms with Crippen molar-refractivity contribution in [2.24, 2.45) is 24.1 Å². The van der Waals surface area contributed by atoms with Crippen LogP contribution in [0.1, 0.15) is 11.4 Å². The minimum absolute atomic E-state index is 0.679. The van der Waals surface area contributed by atoms with Gasteiger partial charge in [0.2, 0.25) is 0 Å². The van der Waals surface area contributed by atoms with Gasteiger partial charge in [0.15, 0.2) is 0 Å². The number of rotatable bonds is 5. The average molecular weight is 342 g/mol. The fourth-order valence-electron chi connectivity index (χ4n) is 3.36. The molecule has 0 aliphatic heterocycles. The molecule has 2 aromatic heterocycles. The van der Waals surface area contributed by atoms with E-state index in [1.54, 1.807) is 0 Å². The van der Waals surface area contributed by atoms with Gasteiger partial charge in [-0.1, -0.05) is 48.5 Å². The van der Waals surface area contributed by atoms with E-state index in [1.807, 2.05) is 12.4 Å². The Morgan fingerprint density at radius 3 is 1.58 bits per heavy atom. The van der Waals surface area contributed by atoms with Crippen molar-refractivity contribution < 1.29 is 0 Å². The van der Waals surface area contributed by atoms with Crippen LogP contribution in [0.5, 0.6) is 0 Å². The second-order valence-electron chi connectivity index (χ2n) is 6.50. The summed E-state index contributed by atoms with van der Waals surface area (Å²) in [6.07, 6.45) is 8.18. The summed E-state index contributed by atoms with van der Waals surface area (Å²) in [6, 6.07) is 16.8. The fourth-order valence-corrected chi connectivity index (χ4v) is 3.36. The van der Waals surface area contributed by atoms with E-state index < -0.39 is 0 Å². The topological polar surface area (TPSA) is 34.6 Å². The highest BCUT2D eigenvalue weighted by molar-refractivity contribution is 6.00. The summed E-state index contributed by atoms with van der Waals surface area (Å²) in [4.78, 5) is 9.12. The Morgan fingerprint density at radius 1 is 0.692 bits per heavy atom. The molecule has 4 heteroatoms. The maximum absolute atomic E-state index is 4.56. The summed E-state index contributed by atoms with van der Waals surface area (Å²) in [7, 11) is 4.11. The molecule has 0 bridgehead atoms. The third-order valence-corrected chi connectivity index (χ3v) is 4.68. The second-order valence-corrected chi connectivity index (χ2v) is 6.50. The maximum Gasteiger partial charge on any atom is 0.0665 e. The molecule has 0 spiro atoms. The van der Waals surface area contributed by atoms with Gasteiger partial charge >= 0.3 is 0 Å². The second kappa shape index (κ2) is 7.00. The lowest BCUT2D eigenvalue weighted by atomic mass is 10.2. The molecule has 0 fully saturated rings.